The number of aromatic carboxylic acids is 1. The molecule has 0 saturated heterocycles. The number of carboxylic acid groups (broad SMARTS) is 1. The molecule has 0 aliphatic carbocycles. The highest BCUT2D eigenvalue weighted by atomic mass is 32.2. The number of sulfone groups is 1. The third-order valence-corrected chi connectivity index (χ3v) is 5.37. The van der Waals surface area contributed by atoms with Crippen molar-refractivity contribution in [2.24, 2.45) is 0 Å². The Bertz CT molecular complexity index is 1390. The lowest BCUT2D eigenvalue weighted by molar-refractivity contribution is -0.143. The third-order valence-electron chi connectivity index (χ3n) is 4.52. The number of carboxylic acids is 1. The number of nitrogens with zero attached hydrogens (tertiary/aromatic N) is 2. The molecule has 0 saturated carbocycles. The fourth-order valence-corrected chi connectivity index (χ4v) is 3.50. The van der Waals surface area contributed by atoms with Crippen molar-refractivity contribution < 1.29 is 53.8 Å². The summed E-state index contributed by atoms with van der Waals surface area (Å²) in [7, 11) is -4.26. The van der Waals surface area contributed by atoms with Crippen LogP contribution < -0.4 is 4.74 Å². The van der Waals surface area contributed by atoms with Gasteiger partial charge in [-0.15, -0.1) is 0 Å². The second kappa shape index (κ2) is 9.37. The Morgan fingerprint density at radius 1 is 0.944 bits per heavy atom. The number of rotatable bonds is 6. The molecule has 0 unspecified atom stereocenters. The van der Waals surface area contributed by atoms with E-state index in [1.165, 1.54) is 0 Å². The maximum Gasteiger partial charge on any atom is 0.416 e. The van der Waals surface area contributed by atoms with E-state index in [9.17, 15) is 49.1 Å². The zero-order valence-corrected chi connectivity index (χ0v) is 18.6. The van der Waals surface area contributed by atoms with Gasteiger partial charge in [-0.2, -0.15) is 31.3 Å². The first-order chi connectivity index (χ1) is 16.4. The van der Waals surface area contributed by atoms with Gasteiger partial charge in [0.1, 0.15) is 17.1 Å². The Balaban J connectivity index is 2.23. The fourth-order valence-electron chi connectivity index (χ4n) is 2.97. The largest absolute Gasteiger partial charge is 0.477 e. The molecule has 0 spiro atoms. The summed E-state index contributed by atoms with van der Waals surface area (Å²) in [5, 5.41) is 8.68. The second-order valence-corrected chi connectivity index (χ2v) is 9.27. The summed E-state index contributed by atoms with van der Waals surface area (Å²) < 4.78 is 122. The predicted octanol–water partition coefficient (Wildman–Crippen LogP) is 5.14. The van der Waals surface area contributed by atoms with Gasteiger partial charge in [-0.3, -0.25) is 0 Å². The quantitative estimate of drug-likeness (QED) is 0.342. The first kappa shape index (κ1) is 26.8. The molecular weight excluding hydrogens is 525 g/mol. The van der Waals surface area contributed by atoms with Crippen LogP contribution in [0, 0.1) is 5.82 Å². The number of alkyl halides is 6. The van der Waals surface area contributed by atoms with Crippen LogP contribution in [0.4, 0.5) is 30.7 Å². The molecule has 0 fully saturated rings. The summed E-state index contributed by atoms with van der Waals surface area (Å²) in [6, 6.07) is 4.53. The van der Waals surface area contributed by atoms with Crippen LogP contribution in [0.15, 0.2) is 47.6 Å². The summed E-state index contributed by atoms with van der Waals surface area (Å²) in [5.74, 6) is -3.57. The van der Waals surface area contributed by atoms with Gasteiger partial charge in [0.2, 0.25) is 20.9 Å². The molecule has 0 radical (unpaired) electrons. The van der Waals surface area contributed by atoms with Crippen LogP contribution in [0.5, 0.6) is 11.6 Å². The number of hydrogen-bond acceptors (Lipinski definition) is 6. The number of hydrogen-bond donors (Lipinski definition) is 1. The van der Waals surface area contributed by atoms with E-state index >= 15 is 0 Å². The second-order valence-electron chi connectivity index (χ2n) is 7.36. The zero-order chi connectivity index (χ0) is 27.1. The van der Waals surface area contributed by atoms with Crippen molar-refractivity contribution >= 4 is 15.8 Å². The van der Waals surface area contributed by atoms with E-state index in [0.717, 1.165) is 24.3 Å². The monoisotopic (exact) mass is 538 g/mol. The highest BCUT2D eigenvalue weighted by Gasteiger charge is 2.37. The van der Waals surface area contributed by atoms with E-state index in [-0.39, 0.29) is 11.8 Å². The van der Waals surface area contributed by atoms with Crippen LogP contribution in [-0.2, 0) is 28.6 Å². The third kappa shape index (κ3) is 6.27. The summed E-state index contributed by atoms with van der Waals surface area (Å²) in [5.41, 5.74) is -5.64. The van der Waals surface area contributed by atoms with E-state index < -0.39 is 79.4 Å². The van der Waals surface area contributed by atoms with Crippen molar-refractivity contribution in [2.75, 3.05) is 6.26 Å². The summed E-state index contributed by atoms with van der Waals surface area (Å²) >= 11 is 0. The Morgan fingerprint density at radius 2 is 1.47 bits per heavy atom. The number of benzene rings is 2. The number of halogens is 7. The van der Waals surface area contributed by atoms with E-state index in [1.807, 2.05) is 0 Å². The minimum absolute atomic E-state index is 0.118. The lowest BCUT2D eigenvalue weighted by atomic mass is 9.99. The summed E-state index contributed by atoms with van der Waals surface area (Å²) in [4.78, 5) is 19.1. The average molecular weight is 538 g/mol. The highest BCUT2D eigenvalue weighted by Crippen LogP contribution is 2.37. The van der Waals surface area contributed by atoms with Gasteiger partial charge in [-0.1, -0.05) is 0 Å². The van der Waals surface area contributed by atoms with Crippen LogP contribution in [0.3, 0.4) is 0 Å². The summed E-state index contributed by atoms with van der Waals surface area (Å²) in [6.07, 6.45) is -10.7. The molecule has 1 aromatic heterocycles. The lowest BCUT2D eigenvalue weighted by Crippen LogP contribution is -2.16. The molecule has 192 valence electrons. The normalized spacial score (nSPS) is 12.4. The van der Waals surface area contributed by atoms with Gasteiger partial charge in [-0.25, -0.2) is 22.6 Å². The topological polar surface area (TPSA) is 106 Å². The first-order valence-corrected chi connectivity index (χ1v) is 11.4. The molecule has 0 aliphatic heterocycles. The van der Waals surface area contributed by atoms with Gasteiger partial charge >= 0.3 is 18.3 Å². The highest BCUT2D eigenvalue weighted by molar-refractivity contribution is 7.90. The Morgan fingerprint density at radius 3 is 1.92 bits per heavy atom. The molecular formula is C21H13F7N2O5S. The van der Waals surface area contributed by atoms with Crippen molar-refractivity contribution in [3.63, 3.8) is 0 Å². The van der Waals surface area contributed by atoms with Gasteiger partial charge in [0.05, 0.1) is 16.8 Å². The van der Waals surface area contributed by atoms with E-state index in [0.29, 0.717) is 18.4 Å². The Hall–Kier alpha value is -3.75. The molecule has 1 N–H and O–H groups in total. The Kier molecular flexibility index (Phi) is 6.99. The average Bonchev–Trinajstić information content (AvgIpc) is 2.73. The molecule has 0 amide bonds. The smallest absolute Gasteiger partial charge is 0.416 e. The molecule has 36 heavy (non-hydrogen) atoms. The van der Waals surface area contributed by atoms with E-state index in [1.54, 1.807) is 0 Å². The maximum atomic E-state index is 13.2. The van der Waals surface area contributed by atoms with Crippen molar-refractivity contribution in [2.45, 2.75) is 23.9 Å². The molecule has 2 aromatic carbocycles. The molecule has 0 bridgehead atoms. The maximum absolute atomic E-state index is 13.2. The predicted molar refractivity (Wildman–Crippen MR) is 108 cm³/mol. The minimum Gasteiger partial charge on any atom is -0.477 e. The molecule has 1 heterocycles. The molecule has 15 heteroatoms. The van der Waals surface area contributed by atoms with Crippen LogP contribution in [-0.4, -0.2) is 35.7 Å². The van der Waals surface area contributed by atoms with Crippen LogP contribution in [0.1, 0.15) is 32.7 Å². The van der Waals surface area contributed by atoms with Crippen LogP contribution in [0.25, 0.3) is 0 Å². The number of ether oxygens (including phenoxy) is 1. The van der Waals surface area contributed by atoms with Crippen molar-refractivity contribution in [1.82, 2.24) is 9.97 Å². The van der Waals surface area contributed by atoms with Crippen LogP contribution in [0.2, 0.25) is 0 Å². The fraction of sp³-hybridized carbons (Fsp3) is 0.190. The molecule has 7 nitrogen and oxygen atoms in total. The molecule has 3 aromatic rings. The minimum atomic E-state index is -5.17. The van der Waals surface area contributed by atoms with Crippen molar-refractivity contribution in [1.29, 1.82) is 0 Å². The van der Waals surface area contributed by atoms with Crippen molar-refractivity contribution in [3.05, 3.63) is 76.2 Å². The zero-order valence-electron chi connectivity index (χ0n) is 17.8. The van der Waals surface area contributed by atoms with Crippen LogP contribution >= 0.6 is 0 Å². The van der Waals surface area contributed by atoms with Crippen molar-refractivity contribution in [3.8, 4) is 11.6 Å². The SMILES string of the molecule is CS(=O)(=O)c1nc(Cc2cc(C(F)(F)F)cc(C(F)(F)F)c2)c(C(=O)O)c(Oc2ccc(F)cc2)n1. The van der Waals surface area contributed by atoms with Gasteiger partial charge in [0.25, 0.3) is 0 Å². The van der Waals surface area contributed by atoms with Gasteiger partial charge in [0, 0.05) is 12.7 Å². The standard InChI is InChI=1S/C21H13F7N2O5S/c1-36(33,34)19-29-15(8-10-6-11(20(23,24)25)9-12(7-10)21(26,27)28)16(18(31)32)17(30-19)35-14-4-2-13(22)3-5-14/h2-7,9H,8H2,1H3,(H,31,32). The van der Waals surface area contributed by atoms with Gasteiger partial charge < -0.3 is 9.84 Å². The Labute approximate surface area is 198 Å². The number of aromatic nitrogens is 2. The van der Waals surface area contributed by atoms with E-state index in [4.69, 9.17) is 4.74 Å². The van der Waals surface area contributed by atoms with E-state index in [2.05, 4.69) is 9.97 Å². The molecule has 0 aliphatic rings. The number of carbonyl (C=O) groups is 1. The summed E-state index contributed by atoms with van der Waals surface area (Å²) in [6.45, 7) is 0. The first-order valence-electron chi connectivity index (χ1n) is 9.51. The van der Waals surface area contributed by atoms with Gasteiger partial charge in [0.15, 0.2) is 0 Å². The molecule has 3 rings (SSSR count). The molecule has 0 atom stereocenters. The lowest BCUT2D eigenvalue weighted by Gasteiger charge is -2.16. The van der Waals surface area contributed by atoms with Gasteiger partial charge in [-0.05, 0) is 48.0 Å².